The molecule has 0 saturated carbocycles. The molecule has 178 valence electrons. The molecule has 0 aliphatic carbocycles. The second kappa shape index (κ2) is 11.6. The van der Waals surface area contributed by atoms with Crippen LogP contribution in [0.15, 0.2) is 54.6 Å². The van der Waals surface area contributed by atoms with Crippen LogP contribution >= 0.6 is 0 Å². The van der Waals surface area contributed by atoms with E-state index >= 15 is 0 Å². The lowest BCUT2D eigenvalue weighted by atomic mass is 9.96. The Morgan fingerprint density at radius 2 is 1.68 bits per heavy atom. The molecule has 0 aromatic heterocycles. The fraction of sp³-hybridized carbons (Fsp3) is 0.444. The number of para-hydroxylation sites is 1. The van der Waals surface area contributed by atoms with E-state index < -0.39 is 0 Å². The van der Waals surface area contributed by atoms with Crippen molar-refractivity contribution in [2.75, 3.05) is 50.8 Å². The van der Waals surface area contributed by atoms with Crippen LogP contribution in [0, 0.1) is 17.2 Å². The van der Waals surface area contributed by atoms with E-state index in [2.05, 4.69) is 11.0 Å². The zero-order chi connectivity index (χ0) is 23.8. The molecule has 0 bridgehead atoms. The van der Waals surface area contributed by atoms with Crippen LogP contribution in [0.25, 0.3) is 0 Å². The van der Waals surface area contributed by atoms with Crippen LogP contribution in [-0.4, -0.2) is 67.5 Å². The van der Waals surface area contributed by atoms with Crippen molar-refractivity contribution in [3.8, 4) is 11.8 Å². The van der Waals surface area contributed by atoms with E-state index in [0.29, 0.717) is 38.2 Å². The fourth-order valence-electron chi connectivity index (χ4n) is 4.74. The van der Waals surface area contributed by atoms with Gasteiger partial charge in [0, 0.05) is 45.0 Å². The first-order chi connectivity index (χ1) is 16.6. The Hall–Kier alpha value is -3.53. The Morgan fingerprint density at radius 1 is 0.912 bits per heavy atom. The number of carbonyl (C=O) groups is 2. The third-order valence-corrected chi connectivity index (χ3v) is 6.62. The van der Waals surface area contributed by atoms with Crippen molar-refractivity contribution in [3.05, 3.63) is 60.2 Å². The smallest absolute Gasteiger partial charge is 0.227 e. The minimum absolute atomic E-state index is 0.0521. The van der Waals surface area contributed by atoms with Crippen molar-refractivity contribution in [3.63, 3.8) is 0 Å². The number of nitriles is 1. The molecule has 2 aromatic rings. The lowest BCUT2D eigenvalue weighted by molar-refractivity contribution is -0.141. The van der Waals surface area contributed by atoms with Crippen molar-refractivity contribution in [1.82, 2.24) is 9.80 Å². The zero-order valence-corrected chi connectivity index (χ0v) is 19.6. The van der Waals surface area contributed by atoms with E-state index in [0.717, 1.165) is 50.3 Å². The largest absolute Gasteiger partial charge is 0.493 e. The van der Waals surface area contributed by atoms with Crippen LogP contribution in [-0.2, 0) is 9.59 Å². The van der Waals surface area contributed by atoms with Gasteiger partial charge in [0.2, 0.25) is 11.8 Å². The molecule has 0 N–H and O–H groups in total. The fourth-order valence-corrected chi connectivity index (χ4v) is 4.74. The van der Waals surface area contributed by atoms with Gasteiger partial charge in [0.15, 0.2) is 0 Å². The Kier molecular flexibility index (Phi) is 8.03. The average molecular weight is 461 g/mol. The van der Waals surface area contributed by atoms with Gasteiger partial charge in [-0.3, -0.25) is 9.59 Å². The van der Waals surface area contributed by atoms with E-state index in [1.54, 1.807) is 0 Å². The van der Waals surface area contributed by atoms with Gasteiger partial charge in [-0.25, -0.2) is 0 Å². The van der Waals surface area contributed by atoms with Crippen LogP contribution in [0.1, 0.15) is 31.2 Å². The number of hydrogen-bond acceptors (Lipinski definition) is 5. The van der Waals surface area contributed by atoms with E-state index in [9.17, 15) is 9.59 Å². The second-order valence-electron chi connectivity index (χ2n) is 8.91. The normalized spacial score (nSPS) is 18.7. The first-order valence-corrected chi connectivity index (χ1v) is 12.1. The van der Waals surface area contributed by atoms with Gasteiger partial charge in [0.05, 0.1) is 30.6 Å². The monoisotopic (exact) mass is 460 g/mol. The van der Waals surface area contributed by atoms with Crippen molar-refractivity contribution in [1.29, 1.82) is 5.26 Å². The van der Waals surface area contributed by atoms with Gasteiger partial charge in [0.25, 0.3) is 0 Å². The molecule has 2 heterocycles. The molecule has 0 radical (unpaired) electrons. The Morgan fingerprint density at radius 3 is 2.44 bits per heavy atom. The van der Waals surface area contributed by atoms with Crippen molar-refractivity contribution >= 4 is 17.5 Å². The van der Waals surface area contributed by atoms with Crippen LogP contribution in [0.3, 0.4) is 0 Å². The maximum absolute atomic E-state index is 13.3. The number of piperidine rings is 1. The summed E-state index contributed by atoms with van der Waals surface area (Å²) in [6.45, 7) is 4.61. The van der Waals surface area contributed by atoms with Crippen LogP contribution in [0.5, 0.6) is 5.75 Å². The van der Waals surface area contributed by atoms with E-state index in [1.807, 2.05) is 64.4 Å². The summed E-state index contributed by atoms with van der Waals surface area (Å²) >= 11 is 0. The van der Waals surface area contributed by atoms with Crippen molar-refractivity contribution in [2.24, 2.45) is 5.92 Å². The highest BCUT2D eigenvalue weighted by molar-refractivity contribution is 5.81. The first kappa shape index (κ1) is 23.6. The quantitative estimate of drug-likeness (QED) is 0.661. The van der Waals surface area contributed by atoms with Crippen molar-refractivity contribution in [2.45, 2.75) is 25.7 Å². The summed E-state index contributed by atoms with van der Waals surface area (Å²) in [6.07, 6.45) is 2.91. The number of likely N-dealkylation sites (tertiary alicyclic amines) is 1. The highest BCUT2D eigenvalue weighted by atomic mass is 16.5. The number of anilines is 1. The van der Waals surface area contributed by atoms with Crippen molar-refractivity contribution < 1.29 is 14.3 Å². The maximum atomic E-state index is 13.3. The highest BCUT2D eigenvalue weighted by Gasteiger charge is 2.32. The predicted octanol–water partition coefficient (Wildman–Crippen LogP) is 3.30. The molecular formula is C27H32N4O3. The van der Waals surface area contributed by atoms with Gasteiger partial charge in [0.1, 0.15) is 5.75 Å². The number of amides is 2. The summed E-state index contributed by atoms with van der Waals surface area (Å²) in [4.78, 5) is 32.1. The summed E-state index contributed by atoms with van der Waals surface area (Å²) in [7, 11) is 0. The summed E-state index contributed by atoms with van der Waals surface area (Å²) in [5.41, 5.74) is 1.74. The zero-order valence-electron chi connectivity index (χ0n) is 19.6. The summed E-state index contributed by atoms with van der Waals surface area (Å²) in [6, 6.07) is 19.3. The minimum Gasteiger partial charge on any atom is -0.493 e. The molecule has 1 unspecified atom stereocenters. The predicted molar refractivity (Wildman–Crippen MR) is 130 cm³/mol. The molecule has 1 atom stereocenters. The lowest BCUT2D eigenvalue weighted by Crippen LogP contribution is -2.47. The third kappa shape index (κ3) is 6.07. The maximum Gasteiger partial charge on any atom is 0.227 e. The first-order valence-electron chi connectivity index (χ1n) is 12.1. The molecule has 7 heteroatoms. The van der Waals surface area contributed by atoms with E-state index in [-0.39, 0.29) is 17.7 Å². The Balaban J connectivity index is 1.26. The molecule has 2 fully saturated rings. The van der Waals surface area contributed by atoms with Crippen LogP contribution < -0.4 is 9.64 Å². The molecule has 34 heavy (non-hydrogen) atoms. The summed E-state index contributed by atoms with van der Waals surface area (Å²) < 4.78 is 5.67. The van der Waals surface area contributed by atoms with Gasteiger partial charge < -0.3 is 19.4 Å². The molecule has 0 spiro atoms. The lowest BCUT2D eigenvalue weighted by Gasteiger charge is -2.35. The van der Waals surface area contributed by atoms with Gasteiger partial charge in [-0.1, -0.05) is 18.2 Å². The molecule has 2 amide bonds. The Labute approximate surface area is 201 Å². The molecule has 7 nitrogen and oxygen atoms in total. The molecule has 2 aromatic carbocycles. The Bertz CT molecular complexity index is 1000. The number of hydrogen-bond donors (Lipinski definition) is 0. The topological polar surface area (TPSA) is 76.9 Å². The van der Waals surface area contributed by atoms with Crippen LogP contribution in [0.4, 0.5) is 5.69 Å². The number of carbonyl (C=O) groups excluding carboxylic acids is 2. The van der Waals surface area contributed by atoms with Gasteiger partial charge in [-0.2, -0.15) is 5.26 Å². The number of rotatable bonds is 6. The number of benzene rings is 2. The van der Waals surface area contributed by atoms with E-state index in [4.69, 9.17) is 10.00 Å². The molecular weight excluding hydrogens is 428 g/mol. The molecule has 2 aliphatic heterocycles. The molecule has 4 rings (SSSR count). The SMILES string of the molecule is N#Cc1ccc(N2CCCN(C(=O)C3CCCN(C(=O)CCOc4ccccc4)C3)CC2)cc1. The average Bonchev–Trinajstić information content (AvgIpc) is 3.15. The number of nitrogens with zero attached hydrogens (tertiary/aromatic N) is 4. The van der Waals surface area contributed by atoms with Gasteiger partial charge in [-0.15, -0.1) is 0 Å². The number of ether oxygens (including phenoxy) is 1. The standard InChI is InChI=1S/C27H32N4O3/c28-20-22-9-11-24(12-10-22)29-15-5-16-30(18-17-29)27(33)23-6-4-14-31(21-23)26(32)13-19-34-25-7-2-1-3-8-25/h1-3,7-12,23H,4-6,13-19,21H2. The summed E-state index contributed by atoms with van der Waals surface area (Å²) in [5.74, 6) is 0.850. The second-order valence-corrected chi connectivity index (χ2v) is 8.91. The van der Waals surface area contributed by atoms with Gasteiger partial charge >= 0.3 is 0 Å². The van der Waals surface area contributed by atoms with E-state index in [1.165, 1.54) is 0 Å². The molecule has 2 saturated heterocycles. The minimum atomic E-state index is -0.130. The third-order valence-electron chi connectivity index (χ3n) is 6.62. The summed E-state index contributed by atoms with van der Waals surface area (Å²) in [5, 5.41) is 9.01. The van der Waals surface area contributed by atoms with Crippen LogP contribution in [0.2, 0.25) is 0 Å². The van der Waals surface area contributed by atoms with Gasteiger partial charge in [-0.05, 0) is 55.7 Å². The molecule has 2 aliphatic rings. The highest BCUT2D eigenvalue weighted by Crippen LogP contribution is 2.22.